The van der Waals surface area contributed by atoms with Gasteiger partial charge in [0, 0.05) is 7.05 Å². The second-order valence-corrected chi connectivity index (χ2v) is 1.98. The molecule has 0 fully saturated rings. The van der Waals surface area contributed by atoms with E-state index in [0.717, 1.165) is 4.90 Å². The molecule has 0 heterocycles. The number of urea groups is 1. The maximum Gasteiger partial charge on any atom is 0.320 e. The van der Waals surface area contributed by atoms with E-state index in [1.165, 1.54) is 19.2 Å². The summed E-state index contributed by atoms with van der Waals surface area (Å²) >= 11 is 0. The summed E-state index contributed by atoms with van der Waals surface area (Å²) in [6, 6.07) is -0.488. The Morgan fingerprint density at radius 2 is 2.00 bits per heavy atom. The summed E-state index contributed by atoms with van der Waals surface area (Å²) in [6.45, 7) is -0.225. The van der Waals surface area contributed by atoms with Gasteiger partial charge in [0.1, 0.15) is 13.3 Å². The maximum absolute atomic E-state index is 11.0. The van der Waals surface area contributed by atoms with Gasteiger partial charge in [-0.2, -0.15) is 9.98 Å². The highest BCUT2D eigenvalue weighted by Gasteiger charge is 2.04. The number of amides is 2. The normalized spacial score (nSPS) is 7.77. The monoisotopic (exact) mass is 184 g/mol. The predicted molar refractivity (Wildman–Crippen MR) is 42.3 cm³/mol. The van der Waals surface area contributed by atoms with E-state index in [4.69, 9.17) is 0 Å². The molecule has 0 saturated carbocycles. The number of hydrogen-bond donors (Lipinski definition) is 1. The fourth-order valence-electron chi connectivity index (χ4n) is 0.474. The van der Waals surface area contributed by atoms with Crippen LogP contribution in [-0.2, 0) is 9.59 Å². The van der Waals surface area contributed by atoms with Gasteiger partial charge in [-0.05, 0) is 0 Å². The first-order chi connectivity index (χ1) is 6.22. The summed E-state index contributed by atoms with van der Waals surface area (Å²) in [4.78, 5) is 37.6. The van der Waals surface area contributed by atoms with Gasteiger partial charge in [-0.1, -0.05) is 0 Å². The summed E-state index contributed by atoms with van der Waals surface area (Å²) in [6.07, 6.45) is 2.55. The lowest BCUT2D eigenvalue weighted by Crippen LogP contribution is -2.37. The summed E-state index contributed by atoms with van der Waals surface area (Å²) in [5, 5.41) is 2.26. The van der Waals surface area contributed by atoms with E-state index in [9.17, 15) is 14.4 Å². The van der Waals surface area contributed by atoms with Crippen molar-refractivity contribution in [3.63, 3.8) is 0 Å². The molecule has 0 aromatic carbocycles. The number of nitrogens with zero attached hydrogens (tertiary/aromatic N) is 3. The van der Waals surface area contributed by atoms with Gasteiger partial charge >= 0.3 is 6.03 Å². The zero-order chi connectivity index (χ0) is 10.1. The van der Waals surface area contributed by atoms with Crippen molar-refractivity contribution < 1.29 is 14.4 Å². The van der Waals surface area contributed by atoms with Crippen LogP contribution in [0.1, 0.15) is 0 Å². The maximum atomic E-state index is 11.0. The molecule has 0 rings (SSSR count). The molecule has 0 spiro atoms. The van der Waals surface area contributed by atoms with Crippen LogP contribution in [0.15, 0.2) is 9.98 Å². The Hall–Kier alpha value is -1.97. The van der Waals surface area contributed by atoms with E-state index < -0.39 is 6.03 Å². The van der Waals surface area contributed by atoms with E-state index in [1.807, 2.05) is 0 Å². The first-order valence-corrected chi connectivity index (χ1v) is 3.28. The lowest BCUT2D eigenvalue weighted by molar-refractivity contribution is 0.210. The molecule has 0 unspecified atom stereocenters. The zero-order valence-electron chi connectivity index (χ0n) is 6.98. The summed E-state index contributed by atoms with van der Waals surface area (Å²) < 4.78 is 0. The summed E-state index contributed by atoms with van der Waals surface area (Å²) in [5.74, 6) is 0. The van der Waals surface area contributed by atoms with Crippen LogP contribution in [0.3, 0.4) is 0 Å². The molecule has 0 atom stereocenters. The Morgan fingerprint density at radius 1 is 1.38 bits per heavy atom. The fraction of sp³-hybridized carbons (Fsp3) is 0.500. The molecule has 0 aromatic rings. The van der Waals surface area contributed by atoms with Crippen LogP contribution in [0.5, 0.6) is 0 Å². The molecule has 0 saturated heterocycles. The molecule has 70 valence electrons. The van der Waals surface area contributed by atoms with E-state index in [1.54, 1.807) is 0 Å². The molecule has 13 heavy (non-hydrogen) atoms. The van der Waals surface area contributed by atoms with Crippen LogP contribution in [0, 0.1) is 0 Å². The molecule has 0 aliphatic carbocycles. The Labute approximate surface area is 74.1 Å². The van der Waals surface area contributed by atoms with Gasteiger partial charge in [0.15, 0.2) is 0 Å². The number of rotatable bonds is 4. The third-order valence-corrected chi connectivity index (χ3v) is 1.07. The van der Waals surface area contributed by atoms with Crippen molar-refractivity contribution in [3.05, 3.63) is 0 Å². The highest BCUT2D eigenvalue weighted by Crippen LogP contribution is 1.83. The lowest BCUT2D eigenvalue weighted by Gasteiger charge is -2.12. The molecule has 0 bridgehead atoms. The molecular weight excluding hydrogens is 176 g/mol. The van der Waals surface area contributed by atoms with Crippen molar-refractivity contribution in [2.75, 3.05) is 20.4 Å². The zero-order valence-corrected chi connectivity index (χ0v) is 6.98. The Kier molecular flexibility index (Phi) is 5.70. The van der Waals surface area contributed by atoms with Crippen molar-refractivity contribution >= 4 is 18.2 Å². The molecular formula is C6H8N4O3. The molecule has 0 aliphatic heterocycles. The van der Waals surface area contributed by atoms with Gasteiger partial charge in [-0.3, -0.25) is 0 Å². The van der Waals surface area contributed by atoms with E-state index in [2.05, 4.69) is 15.3 Å². The number of hydrogen-bond acceptors (Lipinski definition) is 5. The van der Waals surface area contributed by atoms with E-state index in [0.29, 0.717) is 0 Å². The molecule has 2 amide bonds. The van der Waals surface area contributed by atoms with E-state index >= 15 is 0 Å². The highest BCUT2D eigenvalue weighted by atomic mass is 16.2. The third kappa shape index (κ3) is 5.32. The molecule has 0 radical (unpaired) electrons. The Bertz CT molecular complexity index is 265. The van der Waals surface area contributed by atoms with Crippen molar-refractivity contribution in [2.45, 2.75) is 0 Å². The van der Waals surface area contributed by atoms with Gasteiger partial charge in [0.05, 0.1) is 0 Å². The SMILES string of the molecule is CN(CN=C=O)C(=O)NCN=C=O. The van der Waals surface area contributed by atoms with Crippen LogP contribution in [0.2, 0.25) is 0 Å². The Morgan fingerprint density at radius 3 is 2.54 bits per heavy atom. The van der Waals surface area contributed by atoms with Crippen LogP contribution >= 0.6 is 0 Å². The largest absolute Gasteiger partial charge is 0.320 e. The minimum atomic E-state index is -0.488. The van der Waals surface area contributed by atoms with Crippen molar-refractivity contribution in [1.29, 1.82) is 0 Å². The number of isocyanates is 2. The van der Waals surface area contributed by atoms with Crippen molar-refractivity contribution in [1.82, 2.24) is 10.2 Å². The number of carbonyl (C=O) groups excluding carboxylic acids is 3. The van der Waals surface area contributed by atoms with E-state index in [-0.39, 0.29) is 13.3 Å². The molecule has 7 nitrogen and oxygen atoms in total. The molecule has 7 heteroatoms. The van der Waals surface area contributed by atoms with Crippen LogP contribution < -0.4 is 5.32 Å². The minimum absolute atomic E-state index is 0.0832. The third-order valence-electron chi connectivity index (χ3n) is 1.07. The predicted octanol–water partition coefficient (Wildman–Crippen LogP) is -0.786. The summed E-state index contributed by atoms with van der Waals surface area (Å²) in [7, 11) is 1.43. The standard InChI is InChI=1S/C6H8N4O3/c1-10(3-8-5-12)6(13)9-2-7-4-11/h2-3H2,1H3,(H,9,13). The first kappa shape index (κ1) is 11.0. The van der Waals surface area contributed by atoms with Gasteiger partial charge in [-0.25, -0.2) is 14.4 Å². The highest BCUT2D eigenvalue weighted by molar-refractivity contribution is 5.73. The molecule has 0 aromatic heterocycles. The van der Waals surface area contributed by atoms with Gasteiger partial charge in [-0.15, -0.1) is 0 Å². The summed E-state index contributed by atoms with van der Waals surface area (Å²) in [5.41, 5.74) is 0. The lowest BCUT2D eigenvalue weighted by atomic mass is 10.7. The van der Waals surface area contributed by atoms with Crippen molar-refractivity contribution in [3.8, 4) is 0 Å². The topological polar surface area (TPSA) is 91.2 Å². The molecule has 0 aliphatic rings. The fourth-order valence-corrected chi connectivity index (χ4v) is 0.474. The quantitative estimate of drug-likeness (QED) is 0.458. The molecule has 1 N–H and O–H groups in total. The smallest absolute Gasteiger partial charge is 0.318 e. The number of aliphatic imine (C=N–C) groups is 2. The number of carbonyl (C=O) groups is 1. The van der Waals surface area contributed by atoms with Crippen LogP contribution in [-0.4, -0.2) is 43.5 Å². The average Bonchev–Trinajstić information content (AvgIpc) is 2.14. The minimum Gasteiger partial charge on any atom is -0.318 e. The second-order valence-electron chi connectivity index (χ2n) is 1.98. The van der Waals surface area contributed by atoms with Crippen molar-refractivity contribution in [2.24, 2.45) is 9.98 Å². The van der Waals surface area contributed by atoms with Gasteiger partial charge in [0.25, 0.3) is 0 Å². The average molecular weight is 184 g/mol. The van der Waals surface area contributed by atoms with Crippen LogP contribution in [0.4, 0.5) is 4.79 Å². The second kappa shape index (κ2) is 6.72. The van der Waals surface area contributed by atoms with Gasteiger partial charge < -0.3 is 10.2 Å². The van der Waals surface area contributed by atoms with Crippen LogP contribution in [0.25, 0.3) is 0 Å². The Balaban J connectivity index is 3.81. The first-order valence-electron chi connectivity index (χ1n) is 3.28. The van der Waals surface area contributed by atoms with Gasteiger partial charge in [0.2, 0.25) is 12.2 Å². The number of nitrogens with one attached hydrogen (secondary N) is 1.